The summed E-state index contributed by atoms with van der Waals surface area (Å²) >= 11 is 6.88. The van der Waals surface area contributed by atoms with Gasteiger partial charge in [-0.2, -0.15) is 4.98 Å². The summed E-state index contributed by atoms with van der Waals surface area (Å²) < 4.78 is 1.58. The van der Waals surface area contributed by atoms with Crippen LogP contribution in [0.15, 0.2) is 18.3 Å². The molecule has 1 aliphatic heterocycles. The van der Waals surface area contributed by atoms with Gasteiger partial charge in [0.2, 0.25) is 11.9 Å². The third kappa shape index (κ3) is 4.34. The van der Waals surface area contributed by atoms with Crippen molar-refractivity contribution in [1.82, 2.24) is 24.5 Å². The molecule has 2 aliphatic carbocycles. The number of benzene rings is 1. The van der Waals surface area contributed by atoms with Crippen LogP contribution in [0, 0.1) is 16.7 Å². The number of halogens is 1. The molecule has 2 saturated carbocycles. The molecular weight excluding hydrogens is 480 g/mol. The van der Waals surface area contributed by atoms with Crippen LogP contribution in [-0.4, -0.2) is 75.0 Å². The summed E-state index contributed by atoms with van der Waals surface area (Å²) in [5, 5.41) is 27.2. The van der Waals surface area contributed by atoms with E-state index in [0.29, 0.717) is 71.6 Å². The Morgan fingerprint density at radius 1 is 1.08 bits per heavy atom. The van der Waals surface area contributed by atoms with Crippen LogP contribution in [0.3, 0.4) is 0 Å². The van der Waals surface area contributed by atoms with Gasteiger partial charge in [-0.3, -0.25) is 4.79 Å². The van der Waals surface area contributed by atoms with Crippen molar-refractivity contribution in [3.63, 3.8) is 0 Å². The van der Waals surface area contributed by atoms with Crippen molar-refractivity contribution in [2.24, 2.45) is 5.92 Å². The van der Waals surface area contributed by atoms with Gasteiger partial charge < -0.3 is 31.3 Å². The van der Waals surface area contributed by atoms with Crippen molar-refractivity contribution < 1.29 is 4.79 Å². The van der Waals surface area contributed by atoms with Gasteiger partial charge >= 0.3 is 0 Å². The summed E-state index contributed by atoms with van der Waals surface area (Å²) in [6, 6.07) is 4.05. The maximum atomic E-state index is 12.4. The van der Waals surface area contributed by atoms with E-state index in [2.05, 4.69) is 30.6 Å². The molecule has 1 saturated heterocycles. The largest absolute Gasteiger partial charge is 0.367 e. The average Bonchev–Trinajstić information content (AvgIpc) is 3.83. The van der Waals surface area contributed by atoms with Gasteiger partial charge in [0.05, 0.1) is 22.6 Å². The molecule has 1 aromatic carbocycles. The molecule has 0 bridgehead atoms. The van der Waals surface area contributed by atoms with Crippen molar-refractivity contribution in [2.75, 3.05) is 41.7 Å². The van der Waals surface area contributed by atoms with E-state index < -0.39 is 0 Å². The van der Waals surface area contributed by atoms with Crippen molar-refractivity contribution in [2.45, 2.75) is 31.7 Å². The Morgan fingerprint density at radius 3 is 2.53 bits per heavy atom. The summed E-state index contributed by atoms with van der Waals surface area (Å²) in [5.41, 5.74) is 3.17. The second kappa shape index (κ2) is 9.05. The molecule has 186 valence electrons. The van der Waals surface area contributed by atoms with Crippen LogP contribution in [0.4, 0.5) is 23.1 Å². The van der Waals surface area contributed by atoms with Crippen LogP contribution < -0.4 is 15.5 Å². The molecule has 4 N–H and O–H groups in total. The Hall–Kier alpha value is -3.73. The third-order valence-electron chi connectivity index (χ3n) is 6.80. The second-order valence-corrected chi connectivity index (χ2v) is 9.90. The fourth-order valence-corrected chi connectivity index (χ4v) is 4.76. The molecule has 6 rings (SSSR count). The van der Waals surface area contributed by atoms with E-state index in [1.807, 2.05) is 11.0 Å². The molecule has 3 heterocycles. The summed E-state index contributed by atoms with van der Waals surface area (Å²) in [6.45, 7) is 2.67. The van der Waals surface area contributed by atoms with E-state index in [1.54, 1.807) is 16.8 Å². The number of hydrogen-bond acceptors (Lipinski definition) is 9. The number of nitrogens with zero attached hydrogens (tertiary/aromatic N) is 6. The number of fused-ring (bicyclic) bond motifs is 1. The Labute approximate surface area is 212 Å². The highest BCUT2D eigenvalue weighted by molar-refractivity contribution is 6.36. The summed E-state index contributed by atoms with van der Waals surface area (Å²) in [6.07, 6.45) is 8.24. The number of rotatable bonds is 8. The first-order valence-electron chi connectivity index (χ1n) is 12.2. The Bertz CT molecular complexity index is 1350. The molecule has 3 fully saturated rings. The highest BCUT2D eigenvalue weighted by Crippen LogP contribution is 2.37. The summed E-state index contributed by atoms with van der Waals surface area (Å²) in [5.74, 6) is 1.39. The maximum Gasteiger partial charge on any atom is 0.247 e. The number of nitrogens with one attached hydrogen (secondary N) is 4. The van der Waals surface area contributed by atoms with Crippen molar-refractivity contribution in [1.29, 1.82) is 10.8 Å². The van der Waals surface area contributed by atoms with Crippen LogP contribution in [0.25, 0.3) is 5.65 Å². The number of hydrogen-bond donors (Lipinski definition) is 4. The molecule has 11 nitrogen and oxygen atoms in total. The third-order valence-corrected chi connectivity index (χ3v) is 7.20. The topological polar surface area (TPSA) is 138 Å². The minimum Gasteiger partial charge on any atom is -0.367 e. The molecule has 2 aromatic heterocycles. The molecule has 0 unspecified atom stereocenters. The molecule has 0 atom stereocenters. The Morgan fingerprint density at radius 2 is 1.86 bits per heavy atom. The van der Waals surface area contributed by atoms with E-state index in [0.717, 1.165) is 31.4 Å². The molecule has 0 spiro atoms. The average molecular weight is 507 g/mol. The zero-order valence-corrected chi connectivity index (χ0v) is 20.4. The molecule has 3 aliphatic rings. The van der Waals surface area contributed by atoms with E-state index in [1.165, 1.54) is 12.4 Å². The Kier molecular flexibility index (Phi) is 5.71. The maximum absolute atomic E-state index is 12.4. The molecule has 12 heteroatoms. The highest BCUT2D eigenvalue weighted by Gasteiger charge is 2.35. The zero-order chi connectivity index (χ0) is 24.8. The van der Waals surface area contributed by atoms with Gasteiger partial charge in [0.15, 0.2) is 11.5 Å². The van der Waals surface area contributed by atoms with E-state index >= 15 is 0 Å². The number of imidazole rings is 1. The van der Waals surface area contributed by atoms with Gasteiger partial charge in [-0.15, -0.1) is 5.10 Å². The van der Waals surface area contributed by atoms with Crippen molar-refractivity contribution >= 4 is 58.7 Å². The van der Waals surface area contributed by atoms with Crippen LogP contribution >= 0.6 is 11.6 Å². The quantitative estimate of drug-likeness (QED) is 0.344. The lowest BCUT2D eigenvalue weighted by Crippen LogP contribution is -2.49. The number of piperazine rings is 1. The fraction of sp³-hybridized carbons (Fsp3) is 0.417. The number of amides is 1. The van der Waals surface area contributed by atoms with Crippen LogP contribution in [-0.2, 0) is 4.79 Å². The minimum absolute atomic E-state index is 0.220. The second-order valence-electron chi connectivity index (χ2n) is 9.52. The van der Waals surface area contributed by atoms with Crippen LogP contribution in [0.2, 0.25) is 5.02 Å². The standard InChI is InChI=1S/C24H27ClN10O/c25-20-18(30-24-31-21(29-16-3-4-16)22-28-13-17(12-27)35(22)32-24)9-14(11-26)10-19(20)33-5-7-34(8-6-33)23(36)15-1-2-15/h9-13,15-16,26-27H,1-8H2,(H2,29,30,31,32). The smallest absolute Gasteiger partial charge is 0.247 e. The first-order valence-corrected chi connectivity index (χ1v) is 12.6. The van der Waals surface area contributed by atoms with Gasteiger partial charge in [-0.25, -0.2) is 9.50 Å². The fourth-order valence-electron chi connectivity index (χ4n) is 4.48. The molecular formula is C24H27ClN10O. The van der Waals surface area contributed by atoms with Gasteiger partial charge in [-0.05, 0) is 43.4 Å². The predicted molar refractivity (Wildman–Crippen MR) is 139 cm³/mol. The van der Waals surface area contributed by atoms with Crippen LogP contribution in [0.1, 0.15) is 36.9 Å². The first-order chi connectivity index (χ1) is 17.5. The molecule has 3 aromatic rings. The van der Waals surface area contributed by atoms with E-state index in [-0.39, 0.29) is 11.8 Å². The van der Waals surface area contributed by atoms with E-state index in [9.17, 15) is 4.79 Å². The normalized spacial score (nSPS) is 17.8. The van der Waals surface area contributed by atoms with Gasteiger partial charge in [0, 0.05) is 50.6 Å². The molecule has 36 heavy (non-hydrogen) atoms. The lowest BCUT2D eigenvalue weighted by molar-refractivity contribution is -0.132. The minimum atomic E-state index is 0.220. The highest BCUT2D eigenvalue weighted by atomic mass is 35.5. The molecule has 0 radical (unpaired) electrons. The van der Waals surface area contributed by atoms with Gasteiger partial charge in [0.1, 0.15) is 5.69 Å². The number of aromatic nitrogens is 4. The Balaban J connectivity index is 1.29. The molecule has 1 amide bonds. The number of anilines is 4. The number of carbonyl (C=O) groups is 1. The lowest BCUT2D eigenvalue weighted by atomic mass is 10.1. The van der Waals surface area contributed by atoms with Crippen LogP contribution in [0.5, 0.6) is 0 Å². The first kappa shape index (κ1) is 22.7. The summed E-state index contributed by atoms with van der Waals surface area (Å²) in [7, 11) is 0. The van der Waals surface area contributed by atoms with Gasteiger partial charge in [-0.1, -0.05) is 11.6 Å². The monoisotopic (exact) mass is 506 g/mol. The van der Waals surface area contributed by atoms with Crippen molar-refractivity contribution in [3.8, 4) is 0 Å². The lowest BCUT2D eigenvalue weighted by Gasteiger charge is -2.37. The van der Waals surface area contributed by atoms with E-state index in [4.69, 9.17) is 22.4 Å². The SMILES string of the molecule is N=Cc1cc(Nc2nc(NC3CC3)c3ncc(C=N)n3n2)c(Cl)c(N2CCN(C(=O)C3CC3)CC2)c1. The number of carbonyl (C=O) groups excluding carboxylic acids is 1. The zero-order valence-electron chi connectivity index (χ0n) is 19.7. The predicted octanol–water partition coefficient (Wildman–Crippen LogP) is 3.15. The van der Waals surface area contributed by atoms with Gasteiger partial charge in [0.25, 0.3) is 0 Å². The van der Waals surface area contributed by atoms with Crippen molar-refractivity contribution in [3.05, 3.63) is 34.6 Å². The summed E-state index contributed by atoms with van der Waals surface area (Å²) in [4.78, 5) is 25.6.